The number of hydrogen-bond donors (Lipinski definition) is 0. The Morgan fingerprint density at radius 1 is 1.18 bits per heavy atom. The third-order valence-corrected chi connectivity index (χ3v) is 6.65. The molecule has 3 heterocycles. The zero-order valence-corrected chi connectivity index (χ0v) is 20.3. The van der Waals surface area contributed by atoms with E-state index < -0.39 is 5.60 Å². The van der Waals surface area contributed by atoms with Gasteiger partial charge in [-0.2, -0.15) is 0 Å². The fourth-order valence-electron chi connectivity index (χ4n) is 4.77. The number of fused-ring (bicyclic) bond motifs is 1. The Morgan fingerprint density at radius 3 is 2.82 bits per heavy atom. The average molecular weight is 470 g/mol. The van der Waals surface area contributed by atoms with Crippen LogP contribution in [0.4, 0.5) is 0 Å². The molecule has 184 valence electrons. The van der Waals surface area contributed by atoms with Crippen molar-refractivity contribution in [3.05, 3.63) is 47.3 Å². The lowest BCUT2D eigenvalue weighted by molar-refractivity contribution is -0.170. The summed E-state index contributed by atoms with van der Waals surface area (Å²) in [6.07, 6.45) is 5.05. The molecule has 2 aliphatic heterocycles. The number of amides is 2. The number of aryl methyl sites for hydroxylation is 2. The molecule has 1 aromatic heterocycles. The van der Waals surface area contributed by atoms with Crippen molar-refractivity contribution in [1.29, 1.82) is 0 Å². The van der Waals surface area contributed by atoms with E-state index in [9.17, 15) is 9.59 Å². The fourth-order valence-corrected chi connectivity index (χ4v) is 4.77. The lowest BCUT2D eigenvalue weighted by atomic mass is 9.90. The lowest BCUT2D eigenvalue weighted by Gasteiger charge is -2.44. The van der Waals surface area contributed by atoms with E-state index in [1.165, 1.54) is 5.56 Å². The molecular weight excluding hydrogens is 434 g/mol. The molecule has 1 spiro atoms. The topological polar surface area (TPSA) is 85.1 Å². The first-order valence-electron chi connectivity index (χ1n) is 12.4. The Kier molecular flexibility index (Phi) is 7.88. The van der Waals surface area contributed by atoms with Gasteiger partial charge in [0.2, 0.25) is 0 Å². The molecule has 1 aromatic carbocycles. The standard InChI is InChI=1S/C26H35N3O5/c1-3-4-13-28-14-16-32-23-11-6-5-9-21(23)10-7-8-12-26(25(28)31)19-29(15-17-33-26)24(30)22-18-20(2)34-27-22/h5-6,9,11,18H,3-4,7-8,10,12-17,19H2,1-2H3. The molecule has 0 aliphatic carbocycles. The van der Waals surface area contributed by atoms with E-state index in [1.807, 2.05) is 23.1 Å². The van der Waals surface area contributed by atoms with Crippen molar-refractivity contribution >= 4 is 11.8 Å². The van der Waals surface area contributed by atoms with Crippen LogP contribution in [-0.4, -0.2) is 71.8 Å². The van der Waals surface area contributed by atoms with Crippen molar-refractivity contribution in [3.63, 3.8) is 0 Å². The largest absolute Gasteiger partial charge is 0.491 e. The highest BCUT2D eigenvalue weighted by atomic mass is 16.5. The summed E-state index contributed by atoms with van der Waals surface area (Å²) < 4.78 is 17.4. The number of ether oxygens (including phenoxy) is 2. The third kappa shape index (κ3) is 5.43. The first-order valence-corrected chi connectivity index (χ1v) is 12.4. The van der Waals surface area contributed by atoms with E-state index in [0.717, 1.165) is 37.9 Å². The molecule has 4 rings (SSSR count). The maximum atomic E-state index is 14.0. The highest BCUT2D eigenvalue weighted by Gasteiger charge is 2.47. The minimum absolute atomic E-state index is 0.0489. The van der Waals surface area contributed by atoms with Crippen molar-refractivity contribution in [1.82, 2.24) is 15.0 Å². The van der Waals surface area contributed by atoms with Crippen LogP contribution in [0.5, 0.6) is 5.75 Å². The van der Waals surface area contributed by atoms with E-state index >= 15 is 0 Å². The Labute approximate surface area is 201 Å². The van der Waals surface area contributed by atoms with Crippen molar-refractivity contribution in [2.45, 2.75) is 58.0 Å². The van der Waals surface area contributed by atoms with E-state index in [1.54, 1.807) is 17.9 Å². The van der Waals surface area contributed by atoms with Gasteiger partial charge in [0, 0.05) is 19.2 Å². The summed E-state index contributed by atoms with van der Waals surface area (Å²) in [5.74, 6) is 1.21. The molecule has 1 saturated heterocycles. The number of para-hydroxylation sites is 1. The average Bonchev–Trinajstić information content (AvgIpc) is 3.29. The van der Waals surface area contributed by atoms with Crippen LogP contribution < -0.4 is 4.74 Å². The van der Waals surface area contributed by atoms with Gasteiger partial charge in [0.25, 0.3) is 11.8 Å². The number of benzene rings is 1. The molecule has 2 aliphatic rings. The molecule has 0 bridgehead atoms. The van der Waals surface area contributed by atoms with Gasteiger partial charge in [-0.15, -0.1) is 0 Å². The van der Waals surface area contributed by atoms with Gasteiger partial charge in [0.1, 0.15) is 18.1 Å². The summed E-state index contributed by atoms with van der Waals surface area (Å²) in [7, 11) is 0. The van der Waals surface area contributed by atoms with Crippen LogP contribution >= 0.6 is 0 Å². The summed E-state index contributed by atoms with van der Waals surface area (Å²) in [6.45, 7) is 6.37. The van der Waals surface area contributed by atoms with Crippen LogP contribution in [0.25, 0.3) is 0 Å². The van der Waals surface area contributed by atoms with Crippen LogP contribution in [0.1, 0.15) is 60.8 Å². The Balaban J connectivity index is 1.58. The van der Waals surface area contributed by atoms with Crippen molar-refractivity contribution in [3.8, 4) is 5.75 Å². The fraction of sp³-hybridized carbons (Fsp3) is 0.577. The second-order valence-corrected chi connectivity index (χ2v) is 9.20. The third-order valence-electron chi connectivity index (χ3n) is 6.65. The van der Waals surface area contributed by atoms with Crippen LogP contribution in [0, 0.1) is 6.92 Å². The van der Waals surface area contributed by atoms with E-state index in [4.69, 9.17) is 14.0 Å². The number of morpholine rings is 1. The molecule has 2 aromatic rings. The zero-order valence-electron chi connectivity index (χ0n) is 20.3. The van der Waals surface area contributed by atoms with Crippen LogP contribution in [0.3, 0.4) is 0 Å². The van der Waals surface area contributed by atoms with Gasteiger partial charge in [-0.25, -0.2) is 0 Å². The highest BCUT2D eigenvalue weighted by Crippen LogP contribution is 2.30. The normalized spacial score (nSPS) is 22.0. The molecule has 8 heteroatoms. The predicted molar refractivity (Wildman–Crippen MR) is 127 cm³/mol. The number of rotatable bonds is 4. The minimum atomic E-state index is -1.06. The van der Waals surface area contributed by atoms with Gasteiger partial charge < -0.3 is 23.8 Å². The first-order chi connectivity index (χ1) is 16.5. The second-order valence-electron chi connectivity index (χ2n) is 9.20. The number of nitrogens with zero attached hydrogens (tertiary/aromatic N) is 3. The second kappa shape index (κ2) is 11.0. The maximum Gasteiger partial charge on any atom is 0.276 e. The van der Waals surface area contributed by atoms with E-state index in [-0.39, 0.29) is 24.1 Å². The van der Waals surface area contributed by atoms with E-state index in [2.05, 4.69) is 18.1 Å². The van der Waals surface area contributed by atoms with Gasteiger partial charge in [-0.05, 0) is 50.7 Å². The summed E-state index contributed by atoms with van der Waals surface area (Å²) in [6, 6.07) is 9.76. The monoisotopic (exact) mass is 469 g/mol. The van der Waals surface area contributed by atoms with Crippen molar-refractivity contribution in [2.24, 2.45) is 0 Å². The summed E-state index contributed by atoms with van der Waals surface area (Å²) in [4.78, 5) is 30.6. The van der Waals surface area contributed by atoms with Crippen LogP contribution in [-0.2, 0) is 16.0 Å². The molecule has 0 saturated carbocycles. The zero-order chi connectivity index (χ0) is 24.0. The molecule has 1 unspecified atom stereocenters. The van der Waals surface area contributed by atoms with Gasteiger partial charge in [-0.3, -0.25) is 9.59 Å². The summed E-state index contributed by atoms with van der Waals surface area (Å²) in [5.41, 5.74) is 0.397. The minimum Gasteiger partial charge on any atom is -0.491 e. The molecule has 34 heavy (non-hydrogen) atoms. The van der Waals surface area contributed by atoms with Gasteiger partial charge in [-0.1, -0.05) is 36.7 Å². The molecule has 0 N–H and O–H groups in total. The highest BCUT2D eigenvalue weighted by molar-refractivity contribution is 5.93. The number of carbonyl (C=O) groups is 2. The molecular formula is C26H35N3O5. The van der Waals surface area contributed by atoms with Crippen molar-refractivity contribution < 1.29 is 23.6 Å². The Bertz CT molecular complexity index is 990. The van der Waals surface area contributed by atoms with Gasteiger partial charge in [0.15, 0.2) is 11.3 Å². The Morgan fingerprint density at radius 2 is 2.03 bits per heavy atom. The molecule has 2 amide bonds. The summed E-state index contributed by atoms with van der Waals surface area (Å²) >= 11 is 0. The van der Waals surface area contributed by atoms with Gasteiger partial charge >= 0.3 is 0 Å². The SMILES string of the molecule is CCCCN1CCOc2ccccc2CCCCC2(CN(C(=O)c3cc(C)on3)CCO2)C1=O. The predicted octanol–water partition coefficient (Wildman–Crippen LogP) is 3.63. The number of hydrogen-bond acceptors (Lipinski definition) is 6. The van der Waals surface area contributed by atoms with Crippen LogP contribution in [0.2, 0.25) is 0 Å². The number of unbranched alkanes of at least 4 members (excludes halogenated alkanes) is 1. The van der Waals surface area contributed by atoms with Crippen molar-refractivity contribution in [2.75, 3.05) is 39.4 Å². The number of carbonyl (C=O) groups excluding carboxylic acids is 2. The Hall–Kier alpha value is -2.87. The molecule has 1 atom stereocenters. The quantitative estimate of drug-likeness (QED) is 0.680. The smallest absolute Gasteiger partial charge is 0.276 e. The molecule has 8 nitrogen and oxygen atoms in total. The van der Waals surface area contributed by atoms with E-state index in [0.29, 0.717) is 45.0 Å². The van der Waals surface area contributed by atoms with Crippen LogP contribution in [0.15, 0.2) is 34.9 Å². The number of aromatic nitrogens is 1. The molecule has 0 radical (unpaired) electrons. The summed E-state index contributed by atoms with van der Waals surface area (Å²) in [5, 5.41) is 3.89. The first kappa shape index (κ1) is 24.3. The molecule has 1 fully saturated rings. The van der Waals surface area contributed by atoms with Gasteiger partial charge in [0.05, 0.1) is 19.7 Å². The lowest BCUT2D eigenvalue weighted by Crippen LogP contribution is -2.62. The maximum absolute atomic E-state index is 14.0.